The first-order valence-corrected chi connectivity index (χ1v) is 5.12. The quantitative estimate of drug-likeness (QED) is 0.464. The summed E-state index contributed by atoms with van der Waals surface area (Å²) in [6.07, 6.45) is 0. The molecule has 0 saturated carbocycles. The van der Waals surface area contributed by atoms with Crippen molar-refractivity contribution in [2.75, 3.05) is 0 Å². The Balaban J connectivity index is 3.14. The second-order valence-corrected chi connectivity index (χ2v) is 3.33. The molecule has 0 spiro atoms. The van der Waals surface area contributed by atoms with Gasteiger partial charge in [0.05, 0.1) is 5.88 Å². The SMILES string of the molecule is CC(=O)Oc1cccc(CCl)c1OC(C)=O. The molecule has 0 atom stereocenters. The molecule has 1 aromatic rings. The van der Waals surface area contributed by atoms with E-state index in [9.17, 15) is 9.59 Å². The summed E-state index contributed by atoms with van der Waals surface area (Å²) in [4.78, 5) is 21.8. The fourth-order valence-corrected chi connectivity index (χ4v) is 1.37. The third kappa shape index (κ3) is 3.24. The third-order valence-electron chi connectivity index (χ3n) is 1.70. The maximum Gasteiger partial charge on any atom is 0.308 e. The Morgan fingerprint density at radius 1 is 1.19 bits per heavy atom. The van der Waals surface area contributed by atoms with Crippen molar-refractivity contribution in [2.24, 2.45) is 0 Å². The van der Waals surface area contributed by atoms with Gasteiger partial charge in [-0.15, -0.1) is 11.6 Å². The second kappa shape index (κ2) is 5.51. The highest BCUT2D eigenvalue weighted by atomic mass is 35.5. The van der Waals surface area contributed by atoms with Gasteiger partial charge in [0.1, 0.15) is 0 Å². The van der Waals surface area contributed by atoms with Crippen LogP contribution in [0.2, 0.25) is 0 Å². The van der Waals surface area contributed by atoms with Crippen LogP contribution < -0.4 is 9.47 Å². The smallest absolute Gasteiger partial charge is 0.308 e. The van der Waals surface area contributed by atoms with Crippen molar-refractivity contribution >= 4 is 23.5 Å². The molecule has 0 aliphatic heterocycles. The van der Waals surface area contributed by atoms with Crippen LogP contribution in [0.5, 0.6) is 11.5 Å². The standard InChI is InChI=1S/C11H11ClO4/c1-7(13)15-10-5-3-4-9(6-12)11(10)16-8(2)14/h3-5H,6H2,1-2H3. The highest BCUT2D eigenvalue weighted by Crippen LogP contribution is 2.32. The number of carbonyl (C=O) groups is 2. The van der Waals surface area contributed by atoms with Gasteiger partial charge in [0.25, 0.3) is 0 Å². The molecule has 86 valence electrons. The van der Waals surface area contributed by atoms with Gasteiger partial charge in [0.15, 0.2) is 11.5 Å². The molecule has 0 aliphatic rings. The van der Waals surface area contributed by atoms with E-state index < -0.39 is 11.9 Å². The summed E-state index contributed by atoms with van der Waals surface area (Å²) in [5.41, 5.74) is 0.593. The van der Waals surface area contributed by atoms with Crippen LogP contribution in [0.4, 0.5) is 0 Å². The lowest BCUT2D eigenvalue weighted by Crippen LogP contribution is -2.08. The summed E-state index contributed by atoms with van der Waals surface area (Å²) < 4.78 is 9.88. The first-order valence-electron chi connectivity index (χ1n) is 4.59. The van der Waals surface area contributed by atoms with E-state index in [2.05, 4.69) is 0 Å². The van der Waals surface area contributed by atoms with Gasteiger partial charge in [0, 0.05) is 19.4 Å². The lowest BCUT2D eigenvalue weighted by atomic mass is 10.2. The number of esters is 2. The van der Waals surface area contributed by atoms with Crippen molar-refractivity contribution in [2.45, 2.75) is 19.7 Å². The van der Waals surface area contributed by atoms with E-state index in [1.54, 1.807) is 12.1 Å². The molecule has 1 rings (SSSR count). The minimum absolute atomic E-state index is 0.164. The summed E-state index contributed by atoms with van der Waals surface area (Å²) >= 11 is 5.69. The monoisotopic (exact) mass is 242 g/mol. The van der Waals surface area contributed by atoms with Gasteiger partial charge in [-0.3, -0.25) is 9.59 Å². The van der Waals surface area contributed by atoms with E-state index in [1.165, 1.54) is 19.9 Å². The van der Waals surface area contributed by atoms with Gasteiger partial charge in [-0.25, -0.2) is 0 Å². The Bertz CT molecular complexity index is 414. The maximum absolute atomic E-state index is 10.9. The van der Waals surface area contributed by atoms with Gasteiger partial charge in [-0.1, -0.05) is 12.1 Å². The minimum atomic E-state index is -0.494. The molecule has 0 unspecified atom stereocenters. The minimum Gasteiger partial charge on any atom is -0.423 e. The van der Waals surface area contributed by atoms with E-state index in [0.29, 0.717) is 5.56 Å². The normalized spacial score (nSPS) is 9.69. The van der Waals surface area contributed by atoms with Crippen LogP contribution in [0, 0.1) is 0 Å². The van der Waals surface area contributed by atoms with Crippen LogP contribution >= 0.6 is 11.6 Å². The zero-order valence-corrected chi connectivity index (χ0v) is 9.71. The van der Waals surface area contributed by atoms with Crippen molar-refractivity contribution in [3.05, 3.63) is 23.8 Å². The van der Waals surface area contributed by atoms with E-state index in [0.717, 1.165) is 0 Å². The van der Waals surface area contributed by atoms with Crippen LogP contribution in [0.15, 0.2) is 18.2 Å². The Morgan fingerprint density at radius 3 is 2.31 bits per heavy atom. The molecular formula is C11H11ClO4. The number of carbonyl (C=O) groups excluding carboxylic acids is 2. The molecular weight excluding hydrogens is 232 g/mol. The largest absolute Gasteiger partial charge is 0.423 e. The van der Waals surface area contributed by atoms with E-state index >= 15 is 0 Å². The van der Waals surface area contributed by atoms with Crippen molar-refractivity contribution in [3.63, 3.8) is 0 Å². The van der Waals surface area contributed by atoms with Crippen LogP contribution in [0.1, 0.15) is 19.4 Å². The van der Waals surface area contributed by atoms with Gasteiger partial charge in [-0.2, -0.15) is 0 Å². The van der Waals surface area contributed by atoms with Crippen molar-refractivity contribution < 1.29 is 19.1 Å². The molecule has 0 amide bonds. The summed E-state index contributed by atoms with van der Waals surface area (Å²) in [5, 5.41) is 0. The molecule has 4 nitrogen and oxygen atoms in total. The predicted octanol–water partition coefficient (Wildman–Crippen LogP) is 2.28. The second-order valence-electron chi connectivity index (χ2n) is 3.07. The number of benzene rings is 1. The van der Waals surface area contributed by atoms with Crippen LogP contribution in [-0.2, 0) is 15.5 Å². The van der Waals surface area contributed by atoms with Crippen LogP contribution in [-0.4, -0.2) is 11.9 Å². The fraction of sp³-hybridized carbons (Fsp3) is 0.273. The van der Waals surface area contributed by atoms with E-state index in [-0.39, 0.29) is 17.4 Å². The fourth-order valence-electron chi connectivity index (χ4n) is 1.16. The molecule has 1 aromatic carbocycles. The van der Waals surface area contributed by atoms with E-state index in [4.69, 9.17) is 21.1 Å². The Kier molecular flexibility index (Phi) is 4.31. The zero-order chi connectivity index (χ0) is 12.1. The number of ether oxygens (including phenoxy) is 2. The molecule has 0 aromatic heterocycles. The summed E-state index contributed by atoms with van der Waals surface area (Å²) in [6.45, 7) is 2.54. The van der Waals surface area contributed by atoms with Crippen LogP contribution in [0.3, 0.4) is 0 Å². The van der Waals surface area contributed by atoms with Gasteiger partial charge >= 0.3 is 11.9 Å². The van der Waals surface area contributed by atoms with Crippen molar-refractivity contribution in [1.29, 1.82) is 0 Å². The average Bonchev–Trinajstić information content (AvgIpc) is 2.19. The predicted molar refractivity (Wildman–Crippen MR) is 58.6 cm³/mol. The lowest BCUT2D eigenvalue weighted by molar-refractivity contribution is -0.134. The van der Waals surface area contributed by atoms with Crippen molar-refractivity contribution in [3.8, 4) is 11.5 Å². The topological polar surface area (TPSA) is 52.6 Å². The summed E-state index contributed by atoms with van der Waals surface area (Å²) in [6, 6.07) is 4.90. The molecule has 0 radical (unpaired) electrons. The number of hydrogen-bond acceptors (Lipinski definition) is 4. The number of para-hydroxylation sites is 1. The molecule has 0 bridgehead atoms. The molecule has 0 N–H and O–H groups in total. The Labute approximate surface area is 98.1 Å². The van der Waals surface area contributed by atoms with Gasteiger partial charge in [-0.05, 0) is 6.07 Å². The third-order valence-corrected chi connectivity index (χ3v) is 1.99. The first-order chi connectivity index (χ1) is 7.54. The van der Waals surface area contributed by atoms with E-state index in [1.807, 2.05) is 0 Å². The lowest BCUT2D eigenvalue weighted by Gasteiger charge is -2.11. The number of halogens is 1. The maximum atomic E-state index is 10.9. The summed E-state index contributed by atoms with van der Waals surface area (Å²) in [5.74, 6) is -0.426. The zero-order valence-electron chi connectivity index (χ0n) is 8.95. The highest BCUT2D eigenvalue weighted by Gasteiger charge is 2.14. The number of hydrogen-bond donors (Lipinski definition) is 0. The molecule has 0 heterocycles. The molecule has 5 heteroatoms. The number of rotatable bonds is 3. The van der Waals surface area contributed by atoms with Gasteiger partial charge in [0.2, 0.25) is 0 Å². The number of alkyl halides is 1. The molecule has 0 aliphatic carbocycles. The van der Waals surface area contributed by atoms with Gasteiger partial charge < -0.3 is 9.47 Å². The highest BCUT2D eigenvalue weighted by molar-refractivity contribution is 6.17. The van der Waals surface area contributed by atoms with Crippen molar-refractivity contribution in [1.82, 2.24) is 0 Å². The summed E-state index contributed by atoms with van der Waals surface area (Å²) in [7, 11) is 0. The Hall–Kier alpha value is -1.55. The van der Waals surface area contributed by atoms with Crippen LogP contribution in [0.25, 0.3) is 0 Å². The molecule has 0 saturated heterocycles. The first kappa shape index (κ1) is 12.5. The Morgan fingerprint density at radius 2 is 1.81 bits per heavy atom. The average molecular weight is 243 g/mol. The molecule has 16 heavy (non-hydrogen) atoms. The molecule has 0 fully saturated rings.